The average Bonchev–Trinajstić information content (AvgIpc) is 3.55. The molecule has 1 atom stereocenters. The number of benzene rings is 1. The molecule has 4 heterocycles. The van der Waals surface area contributed by atoms with E-state index >= 15 is 0 Å². The lowest BCUT2D eigenvalue weighted by molar-refractivity contribution is 0.0226. The minimum atomic E-state index is -0.538. The van der Waals surface area contributed by atoms with Crippen LogP contribution in [0.4, 0.5) is 16.2 Å². The van der Waals surface area contributed by atoms with Gasteiger partial charge in [0.2, 0.25) is 0 Å². The molecule has 4 aromatic rings. The standard InChI is InChI=1S/C33H39IN8O2S/c1-32(2,3)18-37-28-19(13-35)14-36-29-23(28)11-20(12-25(29)34)38-30(26-15-42(40-39-26)21-7-8-21)24-17-45-27-16-41(10-9-22(24)27)31(43)44-33(4,5)6/h11-12,14-15,17,21,30,38H,7-10,16,18H2,1-6H3,(H,36,37)/t30-/m0/s1. The topological polar surface area (TPSA) is 121 Å². The van der Waals surface area contributed by atoms with Crippen LogP contribution in [0.2, 0.25) is 0 Å². The van der Waals surface area contributed by atoms with Gasteiger partial charge in [-0.2, -0.15) is 5.26 Å². The van der Waals surface area contributed by atoms with Gasteiger partial charge in [-0.15, -0.1) is 16.4 Å². The second kappa shape index (κ2) is 12.1. The smallest absolute Gasteiger partial charge is 0.410 e. The van der Waals surface area contributed by atoms with Crippen LogP contribution in [0.3, 0.4) is 0 Å². The molecular formula is C33H39IN8O2S. The van der Waals surface area contributed by atoms with E-state index in [1.54, 1.807) is 22.4 Å². The highest BCUT2D eigenvalue weighted by Crippen LogP contribution is 2.40. The van der Waals surface area contributed by atoms with Gasteiger partial charge in [0.05, 0.1) is 41.6 Å². The van der Waals surface area contributed by atoms with E-state index in [1.807, 2.05) is 25.5 Å². The summed E-state index contributed by atoms with van der Waals surface area (Å²) in [7, 11) is 0. The number of ether oxygens (including phenoxy) is 1. The Kier molecular flexibility index (Phi) is 8.45. The van der Waals surface area contributed by atoms with Gasteiger partial charge in [0.25, 0.3) is 0 Å². The number of carbonyl (C=O) groups is 1. The number of amides is 1. The Morgan fingerprint density at radius 2 is 2.02 bits per heavy atom. The zero-order valence-corrected chi connectivity index (χ0v) is 29.5. The van der Waals surface area contributed by atoms with E-state index in [0.717, 1.165) is 61.2 Å². The number of anilines is 2. The summed E-state index contributed by atoms with van der Waals surface area (Å²) >= 11 is 3.99. The Bertz CT molecular complexity index is 1790. The van der Waals surface area contributed by atoms with Crippen molar-refractivity contribution in [2.45, 2.75) is 85.0 Å². The molecule has 12 heteroatoms. The molecule has 6 rings (SSSR count). The molecule has 0 radical (unpaired) electrons. The summed E-state index contributed by atoms with van der Waals surface area (Å²) in [6.45, 7) is 14.0. The number of hydrogen-bond donors (Lipinski definition) is 2. The molecule has 45 heavy (non-hydrogen) atoms. The third-order valence-electron chi connectivity index (χ3n) is 7.84. The summed E-state index contributed by atoms with van der Waals surface area (Å²) in [5, 5.41) is 29.5. The van der Waals surface area contributed by atoms with Gasteiger partial charge in [0.15, 0.2) is 0 Å². The zero-order chi connectivity index (χ0) is 32.1. The zero-order valence-electron chi connectivity index (χ0n) is 26.6. The predicted molar refractivity (Wildman–Crippen MR) is 186 cm³/mol. The summed E-state index contributed by atoms with van der Waals surface area (Å²) in [6.07, 6.45) is 6.41. The molecule has 0 bridgehead atoms. The van der Waals surface area contributed by atoms with E-state index in [4.69, 9.17) is 4.74 Å². The molecule has 0 spiro atoms. The van der Waals surface area contributed by atoms with Crippen molar-refractivity contribution in [3.8, 4) is 6.07 Å². The number of rotatable bonds is 7. The Morgan fingerprint density at radius 1 is 1.24 bits per heavy atom. The largest absolute Gasteiger partial charge is 0.444 e. The number of nitriles is 1. The van der Waals surface area contributed by atoms with Gasteiger partial charge in [-0.1, -0.05) is 26.0 Å². The molecule has 1 fully saturated rings. The number of carbonyl (C=O) groups excluding carboxylic acids is 1. The molecule has 1 amide bonds. The molecule has 1 aliphatic carbocycles. The van der Waals surface area contributed by atoms with Crippen LogP contribution in [0.1, 0.15) is 93.7 Å². The molecular weight excluding hydrogens is 699 g/mol. The fourth-order valence-corrected chi connectivity index (χ4v) is 7.37. The van der Waals surface area contributed by atoms with Crippen LogP contribution < -0.4 is 10.6 Å². The van der Waals surface area contributed by atoms with Crippen LogP contribution in [0.25, 0.3) is 10.9 Å². The number of halogens is 1. The van der Waals surface area contributed by atoms with Crippen molar-refractivity contribution in [1.29, 1.82) is 5.26 Å². The Balaban J connectivity index is 1.37. The quantitative estimate of drug-likeness (QED) is 0.186. The van der Waals surface area contributed by atoms with Gasteiger partial charge in [-0.3, -0.25) is 4.98 Å². The molecule has 1 aliphatic heterocycles. The van der Waals surface area contributed by atoms with Crippen LogP contribution in [0, 0.1) is 20.3 Å². The lowest BCUT2D eigenvalue weighted by Crippen LogP contribution is -2.39. The van der Waals surface area contributed by atoms with E-state index in [0.29, 0.717) is 31.2 Å². The minimum absolute atomic E-state index is 0.0287. The monoisotopic (exact) mass is 738 g/mol. The van der Waals surface area contributed by atoms with Crippen molar-refractivity contribution in [2.75, 3.05) is 23.7 Å². The predicted octanol–water partition coefficient (Wildman–Crippen LogP) is 7.65. The van der Waals surface area contributed by atoms with Crippen LogP contribution in [-0.4, -0.2) is 49.7 Å². The molecule has 1 aromatic carbocycles. The van der Waals surface area contributed by atoms with Gasteiger partial charge in [-0.05, 0) is 96.7 Å². The third kappa shape index (κ3) is 7.04. The molecule has 0 unspecified atom stereocenters. The summed E-state index contributed by atoms with van der Waals surface area (Å²) in [5.41, 5.74) is 5.80. The first-order valence-corrected chi connectivity index (χ1v) is 17.3. The first kappa shape index (κ1) is 31.5. The number of fused-ring (bicyclic) bond motifs is 2. The number of nitrogens with one attached hydrogen (secondary N) is 2. The lowest BCUT2D eigenvalue weighted by Gasteiger charge is -2.31. The second-order valence-electron chi connectivity index (χ2n) is 14.1. The summed E-state index contributed by atoms with van der Waals surface area (Å²) in [5.74, 6) is 0. The molecule has 236 valence electrons. The van der Waals surface area contributed by atoms with Gasteiger partial charge in [0.1, 0.15) is 17.4 Å². The first-order valence-electron chi connectivity index (χ1n) is 15.3. The Labute approximate surface area is 281 Å². The van der Waals surface area contributed by atoms with Gasteiger partial charge in [-0.25, -0.2) is 9.48 Å². The van der Waals surface area contributed by atoms with E-state index < -0.39 is 5.60 Å². The molecule has 0 saturated heterocycles. The molecule has 1 saturated carbocycles. The SMILES string of the molecule is CC(C)(C)CNc1c(C#N)cnc2c(I)cc(N[C@H](c3cn(C4CC4)nn3)c3csc4c3CCN(C(=O)OC(C)(C)C)C4)cc12. The highest BCUT2D eigenvalue weighted by Gasteiger charge is 2.32. The molecule has 3 aromatic heterocycles. The average molecular weight is 739 g/mol. The molecule has 2 aliphatic rings. The minimum Gasteiger partial charge on any atom is -0.444 e. The number of hydrogen-bond acceptors (Lipinski definition) is 9. The summed E-state index contributed by atoms with van der Waals surface area (Å²) in [6, 6.07) is 6.66. The molecule has 10 nitrogen and oxygen atoms in total. The maximum absolute atomic E-state index is 12.9. The van der Waals surface area contributed by atoms with E-state index in [1.165, 1.54) is 5.56 Å². The fourth-order valence-electron chi connectivity index (χ4n) is 5.47. The van der Waals surface area contributed by atoms with Crippen molar-refractivity contribution in [1.82, 2.24) is 24.9 Å². The number of nitrogens with zero attached hydrogens (tertiary/aromatic N) is 6. The fraction of sp³-hybridized carbons (Fsp3) is 0.485. The Morgan fingerprint density at radius 3 is 2.71 bits per heavy atom. The van der Waals surface area contributed by atoms with Crippen molar-refractivity contribution in [2.24, 2.45) is 5.41 Å². The van der Waals surface area contributed by atoms with Crippen molar-refractivity contribution in [3.63, 3.8) is 0 Å². The highest BCUT2D eigenvalue weighted by molar-refractivity contribution is 14.1. The van der Waals surface area contributed by atoms with E-state index in [9.17, 15) is 10.1 Å². The number of pyridine rings is 1. The maximum Gasteiger partial charge on any atom is 0.410 e. The maximum atomic E-state index is 12.9. The van der Waals surface area contributed by atoms with Gasteiger partial charge >= 0.3 is 6.09 Å². The van der Waals surface area contributed by atoms with E-state index in [2.05, 4.69) is 99.1 Å². The van der Waals surface area contributed by atoms with Crippen molar-refractivity contribution < 1.29 is 9.53 Å². The van der Waals surface area contributed by atoms with Gasteiger partial charge in [0, 0.05) is 38.8 Å². The molecule has 2 N–H and O–H groups in total. The van der Waals surface area contributed by atoms with Crippen LogP contribution >= 0.6 is 33.9 Å². The first-order chi connectivity index (χ1) is 21.3. The normalized spacial score (nSPS) is 15.8. The highest BCUT2D eigenvalue weighted by atomic mass is 127. The lowest BCUT2D eigenvalue weighted by atomic mass is 9.96. The summed E-state index contributed by atoms with van der Waals surface area (Å²) < 4.78 is 8.63. The summed E-state index contributed by atoms with van der Waals surface area (Å²) in [4.78, 5) is 20.5. The van der Waals surface area contributed by atoms with Crippen LogP contribution in [0.15, 0.2) is 29.9 Å². The van der Waals surface area contributed by atoms with Crippen molar-refractivity contribution in [3.05, 3.63) is 60.7 Å². The number of thiophene rings is 1. The van der Waals surface area contributed by atoms with Crippen LogP contribution in [0.5, 0.6) is 0 Å². The van der Waals surface area contributed by atoms with Crippen LogP contribution in [-0.2, 0) is 17.7 Å². The van der Waals surface area contributed by atoms with E-state index in [-0.39, 0.29) is 17.6 Å². The number of aromatic nitrogens is 4. The third-order valence-corrected chi connectivity index (χ3v) is 9.69. The second-order valence-corrected chi connectivity index (χ2v) is 16.2. The van der Waals surface area contributed by atoms with Crippen molar-refractivity contribution >= 4 is 62.3 Å². The van der Waals surface area contributed by atoms with Gasteiger partial charge < -0.3 is 20.3 Å². The Hall–Kier alpha value is -3.44.